The number of thioether (sulfide) groups is 1. The summed E-state index contributed by atoms with van der Waals surface area (Å²) in [5.41, 5.74) is 0. The van der Waals surface area contributed by atoms with Gasteiger partial charge in [-0.15, -0.1) is 11.3 Å². The molecule has 0 spiro atoms. The van der Waals surface area contributed by atoms with Crippen molar-refractivity contribution in [3.63, 3.8) is 0 Å². The first-order valence-corrected chi connectivity index (χ1v) is 8.02. The van der Waals surface area contributed by atoms with E-state index in [-0.39, 0.29) is 0 Å². The van der Waals surface area contributed by atoms with Gasteiger partial charge >= 0.3 is 0 Å². The topological polar surface area (TPSA) is 12.0 Å². The highest BCUT2D eigenvalue weighted by Crippen LogP contribution is 2.16. The molecule has 3 heteroatoms. The highest BCUT2D eigenvalue weighted by Gasteiger charge is 2.10. The van der Waals surface area contributed by atoms with Crippen molar-refractivity contribution in [3.05, 3.63) is 22.4 Å². The minimum absolute atomic E-state index is 0.631. The Morgan fingerprint density at radius 3 is 2.81 bits per heavy atom. The maximum Gasteiger partial charge on any atom is 0.0206 e. The summed E-state index contributed by atoms with van der Waals surface area (Å²) >= 11 is 3.92. The van der Waals surface area contributed by atoms with Crippen molar-refractivity contribution in [2.45, 2.75) is 44.9 Å². The summed E-state index contributed by atoms with van der Waals surface area (Å²) < 4.78 is 0. The van der Waals surface area contributed by atoms with Crippen LogP contribution in [0.15, 0.2) is 17.5 Å². The molecule has 1 atom stereocenters. The van der Waals surface area contributed by atoms with Crippen LogP contribution < -0.4 is 5.32 Å². The lowest BCUT2D eigenvalue weighted by atomic mass is 10.2. The van der Waals surface area contributed by atoms with Crippen molar-refractivity contribution < 1.29 is 0 Å². The van der Waals surface area contributed by atoms with Crippen LogP contribution in [0.4, 0.5) is 0 Å². The second-order valence-corrected chi connectivity index (χ2v) is 6.96. The molecular formula is C13H23NS2. The summed E-state index contributed by atoms with van der Waals surface area (Å²) in [6.45, 7) is 7.90. The molecule has 1 rings (SSSR count). The molecule has 92 valence electrons. The lowest BCUT2D eigenvalue weighted by molar-refractivity contribution is 0.553. The average molecular weight is 257 g/mol. The summed E-state index contributed by atoms with van der Waals surface area (Å²) in [6, 6.07) is 5.02. The molecule has 1 nitrogen and oxygen atoms in total. The predicted octanol–water partition coefficient (Wildman–Crippen LogP) is 3.80. The van der Waals surface area contributed by atoms with Gasteiger partial charge in [-0.3, -0.25) is 0 Å². The first-order valence-electron chi connectivity index (χ1n) is 6.09. The molecule has 1 unspecified atom stereocenters. The Morgan fingerprint density at radius 1 is 1.44 bits per heavy atom. The largest absolute Gasteiger partial charge is 0.313 e. The molecule has 0 radical (unpaired) electrons. The second kappa shape index (κ2) is 8.15. The average Bonchev–Trinajstić information content (AvgIpc) is 2.74. The molecule has 0 fully saturated rings. The minimum atomic E-state index is 0.631. The molecule has 1 heterocycles. The maximum absolute atomic E-state index is 3.65. The number of nitrogens with one attached hydrogen (secondary N) is 1. The molecule has 0 saturated heterocycles. The Balaban J connectivity index is 2.36. The third-order valence-corrected chi connectivity index (χ3v) is 4.50. The Kier molecular flexibility index (Phi) is 7.17. The molecule has 1 aromatic rings. The lowest BCUT2D eigenvalue weighted by Gasteiger charge is -2.18. The van der Waals surface area contributed by atoms with Crippen molar-refractivity contribution in [2.24, 2.45) is 0 Å². The standard InChI is InChI=1S/C13H23NS2/c1-4-7-14-12(10-16-11(2)3)9-13-6-5-8-15-13/h5-6,8,11-12,14H,4,7,9-10H2,1-3H3. The van der Waals surface area contributed by atoms with E-state index in [2.05, 4.69) is 55.4 Å². The Labute approximate surface area is 108 Å². The molecule has 1 aromatic heterocycles. The fourth-order valence-corrected chi connectivity index (χ4v) is 3.16. The van der Waals surface area contributed by atoms with Gasteiger partial charge in [-0.1, -0.05) is 26.8 Å². The van der Waals surface area contributed by atoms with Gasteiger partial charge in [-0.25, -0.2) is 0 Å². The molecule has 0 bridgehead atoms. The van der Waals surface area contributed by atoms with Gasteiger partial charge in [-0.05, 0) is 36.1 Å². The fourth-order valence-electron chi connectivity index (χ4n) is 1.52. The Hall–Kier alpha value is 0.01000. The van der Waals surface area contributed by atoms with E-state index in [4.69, 9.17) is 0 Å². The van der Waals surface area contributed by atoms with E-state index in [1.54, 1.807) is 0 Å². The number of thiophene rings is 1. The van der Waals surface area contributed by atoms with E-state index in [9.17, 15) is 0 Å². The van der Waals surface area contributed by atoms with E-state index >= 15 is 0 Å². The molecule has 0 aliphatic carbocycles. The van der Waals surface area contributed by atoms with Crippen molar-refractivity contribution >= 4 is 23.1 Å². The summed E-state index contributed by atoms with van der Waals surface area (Å²) in [6.07, 6.45) is 2.39. The molecule has 16 heavy (non-hydrogen) atoms. The van der Waals surface area contributed by atoms with Gasteiger partial charge < -0.3 is 5.32 Å². The molecule has 1 N–H and O–H groups in total. The number of rotatable bonds is 8. The monoisotopic (exact) mass is 257 g/mol. The van der Waals surface area contributed by atoms with Crippen molar-refractivity contribution in [1.29, 1.82) is 0 Å². The maximum atomic E-state index is 3.65. The van der Waals surface area contributed by atoms with Crippen LogP contribution >= 0.6 is 23.1 Å². The highest BCUT2D eigenvalue weighted by molar-refractivity contribution is 7.99. The lowest BCUT2D eigenvalue weighted by Crippen LogP contribution is -2.34. The molecule has 0 saturated carbocycles. The second-order valence-electron chi connectivity index (χ2n) is 4.32. The third-order valence-electron chi connectivity index (χ3n) is 2.34. The van der Waals surface area contributed by atoms with Crippen LogP contribution in [0.5, 0.6) is 0 Å². The van der Waals surface area contributed by atoms with Gasteiger partial charge in [0.2, 0.25) is 0 Å². The summed E-state index contributed by atoms with van der Waals surface area (Å²) in [7, 11) is 0. The van der Waals surface area contributed by atoms with Crippen LogP contribution in [0.2, 0.25) is 0 Å². The van der Waals surface area contributed by atoms with Gasteiger partial charge in [0.25, 0.3) is 0 Å². The van der Waals surface area contributed by atoms with Crippen LogP contribution in [0.25, 0.3) is 0 Å². The molecule has 0 aliphatic heterocycles. The SMILES string of the molecule is CCCNC(CSC(C)C)Cc1cccs1. The predicted molar refractivity (Wildman–Crippen MR) is 77.7 cm³/mol. The van der Waals surface area contributed by atoms with E-state index in [0.29, 0.717) is 6.04 Å². The van der Waals surface area contributed by atoms with E-state index < -0.39 is 0 Å². The quantitative estimate of drug-likeness (QED) is 0.760. The molecular weight excluding hydrogens is 234 g/mol. The molecule has 0 aliphatic rings. The zero-order valence-corrected chi connectivity index (χ0v) is 12.2. The normalized spacial score (nSPS) is 13.2. The fraction of sp³-hybridized carbons (Fsp3) is 0.692. The summed E-state index contributed by atoms with van der Waals surface area (Å²) in [4.78, 5) is 1.50. The van der Waals surface area contributed by atoms with Gasteiger partial charge in [0.15, 0.2) is 0 Å². The zero-order chi connectivity index (χ0) is 11.8. The van der Waals surface area contributed by atoms with Gasteiger partial charge in [0, 0.05) is 16.7 Å². The summed E-state index contributed by atoms with van der Waals surface area (Å²) in [5.74, 6) is 1.22. The van der Waals surface area contributed by atoms with Crippen LogP contribution in [0.3, 0.4) is 0 Å². The van der Waals surface area contributed by atoms with Gasteiger partial charge in [0.05, 0.1) is 0 Å². The zero-order valence-electron chi connectivity index (χ0n) is 10.5. The number of hydrogen-bond donors (Lipinski definition) is 1. The molecule has 0 amide bonds. The van der Waals surface area contributed by atoms with Crippen LogP contribution in [-0.2, 0) is 6.42 Å². The third kappa shape index (κ3) is 5.92. The highest BCUT2D eigenvalue weighted by atomic mass is 32.2. The van der Waals surface area contributed by atoms with Crippen molar-refractivity contribution in [1.82, 2.24) is 5.32 Å². The van der Waals surface area contributed by atoms with Crippen molar-refractivity contribution in [3.8, 4) is 0 Å². The van der Waals surface area contributed by atoms with Gasteiger partial charge in [-0.2, -0.15) is 11.8 Å². The van der Waals surface area contributed by atoms with Gasteiger partial charge in [0.1, 0.15) is 0 Å². The van der Waals surface area contributed by atoms with E-state index in [0.717, 1.165) is 11.8 Å². The van der Waals surface area contributed by atoms with Crippen LogP contribution in [-0.4, -0.2) is 23.6 Å². The number of hydrogen-bond acceptors (Lipinski definition) is 3. The first-order chi connectivity index (χ1) is 7.72. The van der Waals surface area contributed by atoms with Crippen LogP contribution in [0, 0.1) is 0 Å². The van der Waals surface area contributed by atoms with Crippen LogP contribution in [0.1, 0.15) is 32.1 Å². The Morgan fingerprint density at radius 2 is 2.25 bits per heavy atom. The smallest absolute Gasteiger partial charge is 0.0206 e. The Bertz CT molecular complexity index is 257. The van der Waals surface area contributed by atoms with E-state index in [1.165, 1.54) is 23.5 Å². The minimum Gasteiger partial charge on any atom is -0.313 e. The van der Waals surface area contributed by atoms with Crippen molar-refractivity contribution in [2.75, 3.05) is 12.3 Å². The first kappa shape index (κ1) is 14.1. The van der Waals surface area contributed by atoms with E-state index in [1.807, 2.05) is 11.3 Å². The summed E-state index contributed by atoms with van der Waals surface area (Å²) in [5, 5.41) is 6.55. The molecule has 0 aromatic carbocycles.